The van der Waals surface area contributed by atoms with Crippen LogP contribution in [-0.4, -0.2) is 34.1 Å². The Morgan fingerprint density at radius 1 is 1.45 bits per heavy atom. The largest absolute Gasteiger partial charge is 0.489 e. The van der Waals surface area contributed by atoms with Gasteiger partial charge in [-0.25, -0.2) is 0 Å². The zero-order valence-electron chi connectivity index (χ0n) is 11.5. The third-order valence-corrected chi connectivity index (χ3v) is 3.12. The van der Waals surface area contributed by atoms with Gasteiger partial charge in [0.2, 0.25) is 0 Å². The molecule has 5 nitrogen and oxygen atoms in total. The highest BCUT2D eigenvalue weighted by molar-refractivity contribution is 6.32. The molecule has 2 rings (SSSR count). The molecule has 1 atom stereocenters. The van der Waals surface area contributed by atoms with Gasteiger partial charge in [0.1, 0.15) is 18.5 Å². The molecule has 1 heterocycles. The molecule has 2 aromatic rings. The van der Waals surface area contributed by atoms with Crippen LogP contribution in [0.5, 0.6) is 5.75 Å². The van der Waals surface area contributed by atoms with Crippen LogP contribution in [-0.2, 0) is 7.05 Å². The van der Waals surface area contributed by atoms with Gasteiger partial charge >= 0.3 is 0 Å². The molecule has 0 aliphatic carbocycles. The number of anilines is 1. The Morgan fingerprint density at radius 3 is 2.85 bits per heavy atom. The number of para-hydroxylation sites is 1. The number of aliphatic hydroxyl groups is 1. The zero-order valence-corrected chi connectivity index (χ0v) is 12.3. The van der Waals surface area contributed by atoms with Crippen molar-refractivity contribution in [2.45, 2.75) is 13.0 Å². The maximum Gasteiger partial charge on any atom is 0.138 e. The Morgan fingerprint density at radius 2 is 2.20 bits per heavy atom. The lowest BCUT2D eigenvalue weighted by Gasteiger charge is -2.14. The Bertz CT molecular complexity index is 571. The SMILES string of the molecule is Cc1nn(C)cc1NCC(O)COc1ccccc1Cl. The van der Waals surface area contributed by atoms with E-state index >= 15 is 0 Å². The minimum absolute atomic E-state index is 0.177. The van der Waals surface area contributed by atoms with E-state index in [1.807, 2.05) is 32.3 Å². The van der Waals surface area contributed by atoms with E-state index in [1.54, 1.807) is 16.8 Å². The van der Waals surface area contributed by atoms with Crippen LogP contribution >= 0.6 is 11.6 Å². The van der Waals surface area contributed by atoms with Gasteiger partial charge in [0.25, 0.3) is 0 Å². The topological polar surface area (TPSA) is 59.3 Å². The molecule has 0 bridgehead atoms. The predicted molar refractivity (Wildman–Crippen MR) is 79.4 cm³/mol. The maximum atomic E-state index is 9.90. The standard InChI is InChI=1S/C14H18ClN3O2/c1-10-13(8-18(2)17-10)16-7-11(19)9-20-14-6-4-3-5-12(14)15/h3-6,8,11,16,19H,7,9H2,1-2H3. The van der Waals surface area contributed by atoms with Crippen molar-refractivity contribution in [3.63, 3.8) is 0 Å². The van der Waals surface area contributed by atoms with E-state index in [4.69, 9.17) is 16.3 Å². The summed E-state index contributed by atoms with van der Waals surface area (Å²) in [5.41, 5.74) is 1.80. The van der Waals surface area contributed by atoms with Crippen molar-refractivity contribution < 1.29 is 9.84 Å². The van der Waals surface area contributed by atoms with Crippen LogP contribution in [0.4, 0.5) is 5.69 Å². The fourth-order valence-electron chi connectivity index (χ4n) is 1.81. The van der Waals surface area contributed by atoms with Crippen LogP contribution < -0.4 is 10.1 Å². The Labute approximate surface area is 123 Å². The number of aryl methyl sites for hydroxylation is 2. The van der Waals surface area contributed by atoms with Crippen molar-refractivity contribution in [3.8, 4) is 5.75 Å². The smallest absolute Gasteiger partial charge is 0.138 e. The highest BCUT2D eigenvalue weighted by Gasteiger charge is 2.09. The predicted octanol–water partition coefficient (Wildman–Crippen LogP) is 2.23. The Kier molecular flexibility index (Phi) is 4.87. The fourth-order valence-corrected chi connectivity index (χ4v) is 2.00. The molecule has 6 heteroatoms. The molecule has 20 heavy (non-hydrogen) atoms. The number of halogens is 1. The third kappa shape index (κ3) is 3.88. The highest BCUT2D eigenvalue weighted by atomic mass is 35.5. The second kappa shape index (κ2) is 6.63. The zero-order chi connectivity index (χ0) is 14.5. The van der Waals surface area contributed by atoms with E-state index < -0.39 is 6.10 Å². The molecule has 0 fully saturated rings. The van der Waals surface area contributed by atoms with Gasteiger partial charge in [-0.05, 0) is 19.1 Å². The molecule has 0 aliphatic heterocycles. The number of aromatic nitrogens is 2. The van der Waals surface area contributed by atoms with Gasteiger partial charge in [0, 0.05) is 19.8 Å². The minimum atomic E-state index is -0.633. The van der Waals surface area contributed by atoms with E-state index in [0.29, 0.717) is 17.3 Å². The van der Waals surface area contributed by atoms with E-state index in [9.17, 15) is 5.11 Å². The third-order valence-electron chi connectivity index (χ3n) is 2.81. The van der Waals surface area contributed by atoms with E-state index in [2.05, 4.69) is 10.4 Å². The van der Waals surface area contributed by atoms with Crippen molar-refractivity contribution in [1.82, 2.24) is 9.78 Å². The minimum Gasteiger partial charge on any atom is -0.489 e. The molecule has 0 amide bonds. The van der Waals surface area contributed by atoms with Crippen molar-refractivity contribution in [3.05, 3.63) is 41.2 Å². The van der Waals surface area contributed by atoms with Gasteiger partial charge in [0.05, 0.1) is 16.4 Å². The molecular weight excluding hydrogens is 278 g/mol. The quantitative estimate of drug-likeness (QED) is 0.858. The van der Waals surface area contributed by atoms with E-state index in [-0.39, 0.29) is 6.61 Å². The van der Waals surface area contributed by atoms with Crippen LogP contribution in [0.1, 0.15) is 5.69 Å². The van der Waals surface area contributed by atoms with Gasteiger partial charge in [-0.3, -0.25) is 4.68 Å². The lowest BCUT2D eigenvalue weighted by atomic mass is 10.3. The summed E-state index contributed by atoms with van der Waals surface area (Å²) in [4.78, 5) is 0. The van der Waals surface area contributed by atoms with Gasteiger partial charge in [-0.1, -0.05) is 23.7 Å². The molecule has 0 saturated carbocycles. The Balaban J connectivity index is 1.80. The molecule has 0 spiro atoms. The van der Waals surface area contributed by atoms with Gasteiger partial charge in [-0.15, -0.1) is 0 Å². The first-order chi connectivity index (χ1) is 9.56. The second-order valence-electron chi connectivity index (χ2n) is 4.58. The average molecular weight is 296 g/mol. The Hall–Kier alpha value is -1.72. The van der Waals surface area contributed by atoms with Gasteiger partial charge < -0.3 is 15.2 Å². The van der Waals surface area contributed by atoms with Crippen molar-refractivity contribution >= 4 is 17.3 Å². The van der Waals surface area contributed by atoms with Crippen LogP contribution in [0.15, 0.2) is 30.5 Å². The molecule has 1 unspecified atom stereocenters. The molecule has 2 N–H and O–H groups in total. The average Bonchev–Trinajstić information content (AvgIpc) is 2.74. The van der Waals surface area contributed by atoms with Crippen LogP contribution in [0.3, 0.4) is 0 Å². The summed E-state index contributed by atoms with van der Waals surface area (Å²) in [5.74, 6) is 0.575. The first-order valence-corrected chi connectivity index (χ1v) is 6.73. The first-order valence-electron chi connectivity index (χ1n) is 6.36. The summed E-state index contributed by atoms with van der Waals surface area (Å²) >= 11 is 5.97. The number of aliphatic hydroxyl groups excluding tert-OH is 1. The summed E-state index contributed by atoms with van der Waals surface area (Å²) in [6.45, 7) is 2.47. The van der Waals surface area contributed by atoms with Crippen molar-refractivity contribution in [2.75, 3.05) is 18.5 Å². The molecular formula is C14H18ClN3O2. The first kappa shape index (κ1) is 14.7. The molecule has 0 saturated heterocycles. The summed E-state index contributed by atoms with van der Waals surface area (Å²) in [5, 5.41) is 17.8. The number of rotatable bonds is 6. The maximum absolute atomic E-state index is 9.90. The normalized spacial score (nSPS) is 12.2. The van der Waals surface area contributed by atoms with E-state index in [0.717, 1.165) is 11.4 Å². The summed E-state index contributed by atoms with van der Waals surface area (Å²) in [7, 11) is 1.86. The van der Waals surface area contributed by atoms with Crippen molar-refractivity contribution in [2.24, 2.45) is 7.05 Å². The fraction of sp³-hybridized carbons (Fsp3) is 0.357. The van der Waals surface area contributed by atoms with Gasteiger partial charge in [-0.2, -0.15) is 5.10 Å². The number of ether oxygens (including phenoxy) is 1. The number of hydrogen-bond donors (Lipinski definition) is 2. The van der Waals surface area contributed by atoms with E-state index in [1.165, 1.54) is 0 Å². The summed E-state index contributed by atoms with van der Waals surface area (Å²) < 4.78 is 7.21. The number of nitrogens with one attached hydrogen (secondary N) is 1. The van der Waals surface area contributed by atoms with Crippen LogP contribution in [0.2, 0.25) is 5.02 Å². The molecule has 1 aromatic carbocycles. The van der Waals surface area contributed by atoms with Gasteiger partial charge in [0.15, 0.2) is 0 Å². The summed E-state index contributed by atoms with van der Waals surface area (Å²) in [6, 6.07) is 7.19. The van der Waals surface area contributed by atoms with Crippen LogP contribution in [0.25, 0.3) is 0 Å². The lowest BCUT2D eigenvalue weighted by Crippen LogP contribution is -2.26. The highest BCUT2D eigenvalue weighted by Crippen LogP contribution is 2.23. The van der Waals surface area contributed by atoms with Crippen molar-refractivity contribution in [1.29, 1.82) is 0 Å². The molecule has 0 aliphatic rings. The molecule has 0 radical (unpaired) electrons. The summed E-state index contributed by atoms with van der Waals surface area (Å²) in [6.07, 6.45) is 1.24. The molecule has 1 aromatic heterocycles. The number of nitrogens with zero attached hydrogens (tertiary/aromatic N) is 2. The van der Waals surface area contributed by atoms with Crippen LogP contribution in [0, 0.1) is 6.92 Å². The second-order valence-corrected chi connectivity index (χ2v) is 4.99. The monoisotopic (exact) mass is 295 g/mol. The number of benzene rings is 1. The molecule has 108 valence electrons. The number of hydrogen-bond acceptors (Lipinski definition) is 4. The lowest BCUT2D eigenvalue weighted by molar-refractivity contribution is 0.117.